The first-order valence-corrected chi connectivity index (χ1v) is 5.99. The standard InChI is InChI=1S/C12H19NS/c1-5-6-9(2)11(4)13-12-8-14-7-10(12)3/h5,7-9,11,13H,1,6H2,2-4H3. The van der Waals surface area contributed by atoms with Crippen molar-refractivity contribution in [2.24, 2.45) is 5.92 Å². The lowest BCUT2D eigenvalue weighted by Crippen LogP contribution is -2.23. The average Bonchev–Trinajstić information content (AvgIpc) is 2.52. The molecule has 2 atom stereocenters. The summed E-state index contributed by atoms with van der Waals surface area (Å²) in [6.07, 6.45) is 3.06. The minimum atomic E-state index is 0.501. The molecular formula is C12H19NS. The summed E-state index contributed by atoms with van der Waals surface area (Å²) >= 11 is 1.75. The van der Waals surface area contributed by atoms with Gasteiger partial charge in [-0.3, -0.25) is 0 Å². The third kappa shape index (κ3) is 2.88. The van der Waals surface area contributed by atoms with Crippen LogP contribution in [0, 0.1) is 12.8 Å². The second-order valence-electron chi connectivity index (χ2n) is 3.90. The minimum absolute atomic E-state index is 0.501. The molecule has 1 heterocycles. The van der Waals surface area contributed by atoms with E-state index in [9.17, 15) is 0 Å². The maximum Gasteiger partial charge on any atom is 0.0480 e. The summed E-state index contributed by atoms with van der Waals surface area (Å²) < 4.78 is 0. The van der Waals surface area contributed by atoms with E-state index >= 15 is 0 Å². The van der Waals surface area contributed by atoms with Crippen LogP contribution in [0.15, 0.2) is 23.4 Å². The highest BCUT2D eigenvalue weighted by molar-refractivity contribution is 7.08. The molecule has 1 aromatic heterocycles. The predicted octanol–water partition coefficient (Wildman–Crippen LogP) is 4.07. The number of anilines is 1. The first kappa shape index (κ1) is 11.3. The van der Waals surface area contributed by atoms with Crippen LogP contribution in [0.25, 0.3) is 0 Å². The predicted molar refractivity (Wildman–Crippen MR) is 66.1 cm³/mol. The summed E-state index contributed by atoms with van der Waals surface area (Å²) in [7, 11) is 0. The first-order valence-electron chi connectivity index (χ1n) is 5.05. The van der Waals surface area contributed by atoms with Gasteiger partial charge in [0.05, 0.1) is 0 Å². The molecule has 0 saturated heterocycles. The Kier molecular flexibility index (Phi) is 4.21. The lowest BCUT2D eigenvalue weighted by Gasteiger charge is -2.21. The summed E-state index contributed by atoms with van der Waals surface area (Å²) in [5, 5.41) is 7.88. The van der Waals surface area contributed by atoms with Gasteiger partial charge in [0.2, 0.25) is 0 Å². The molecule has 1 nitrogen and oxygen atoms in total. The lowest BCUT2D eigenvalue weighted by molar-refractivity contribution is 0.517. The number of nitrogens with one attached hydrogen (secondary N) is 1. The Balaban J connectivity index is 2.52. The number of rotatable bonds is 5. The number of aryl methyl sites for hydroxylation is 1. The number of hydrogen-bond acceptors (Lipinski definition) is 2. The zero-order valence-corrected chi connectivity index (χ0v) is 10.0. The molecule has 1 aromatic rings. The van der Waals surface area contributed by atoms with Crippen molar-refractivity contribution >= 4 is 17.0 Å². The molecule has 78 valence electrons. The molecule has 0 aliphatic heterocycles. The van der Waals surface area contributed by atoms with E-state index in [1.165, 1.54) is 11.3 Å². The molecule has 0 aromatic carbocycles. The van der Waals surface area contributed by atoms with Gasteiger partial charge >= 0.3 is 0 Å². The van der Waals surface area contributed by atoms with Crippen molar-refractivity contribution in [3.63, 3.8) is 0 Å². The second kappa shape index (κ2) is 5.20. The monoisotopic (exact) mass is 209 g/mol. The van der Waals surface area contributed by atoms with Crippen molar-refractivity contribution in [3.8, 4) is 0 Å². The maximum atomic E-state index is 3.77. The van der Waals surface area contributed by atoms with Crippen LogP contribution in [-0.2, 0) is 0 Å². The molecule has 0 aliphatic rings. The fraction of sp³-hybridized carbons (Fsp3) is 0.500. The van der Waals surface area contributed by atoms with Crippen LogP contribution in [0.5, 0.6) is 0 Å². The van der Waals surface area contributed by atoms with Crippen LogP contribution in [-0.4, -0.2) is 6.04 Å². The second-order valence-corrected chi connectivity index (χ2v) is 4.65. The van der Waals surface area contributed by atoms with Crippen molar-refractivity contribution in [3.05, 3.63) is 29.0 Å². The molecular weight excluding hydrogens is 190 g/mol. The van der Waals surface area contributed by atoms with E-state index in [2.05, 4.69) is 43.4 Å². The van der Waals surface area contributed by atoms with Crippen molar-refractivity contribution in [1.29, 1.82) is 0 Å². The van der Waals surface area contributed by atoms with E-state index in [0.717, 1.165) is 6.42 Å². The Morgan fingerprint density at radius 3 is 2.71 bits per heavy atom. The summed E-state index contributed by atoms with van der Waals surface area (Å²) in [5.41, 5.74) is 2.62. The van der Waals surface area contributed by atoms with E-state index in [4.69, 9.17) is 0 Å². The van der Waals surface area contributed by atoms with Crippen molar-refractivity contribution in [2.75, 3.05) is 5.32 Å². The van der Waals surface area contributed by atoms with Gasteiger partial charge in [-0.05, 0) is 37.1 Å². The molecule has 14 heavy (non-hydrogen) atoms. The molecule has 0 bridgehead atoms. The van der Waals surface area contributed by atoms with Gasteiger partial charge in [-0.1, -0.05) is 13.0 Å². The largest absolute Gasteiger partial charge is 0.381 e. The topological polar surface area (TPSA) is 12.0 Å². The van der Waals surface area contributed by atoms with Gasteiger partial charge < -0.3 is 5.32 Å². The number of thiophene rings is 1. The molecule has 0 radical (unpaired) electrons. The van der Waals surface area contributed by atoms with Gasteiger partial charge in [-0.25, -0.2) is 0 Å². The molecule has 0 saturated carbocycles. The maximum absolute atomic E-state index is 3.77. The van der Waals surface area contributed by atoms with Crippen molar-refractivity contribution in [2.45, 2.75) is 33.2 Å². The molecule has 1 rings (SSSR count). The van der Waals surface area contributed by atoms with E-state index < -0.39 is 0 Å². The fourth-order valence-electron chi connectivity index (χ4n) is 1.36. The minimum Gasteiger partial charge on any atom is -0.381 e. The smallest absolute Gasteiger partial charge is 0.0480 e. The molecule has 0 fully saturated rings. The highest BCUT2D eigenvalue weighted by Gasteiger charge is 2.11. The summed E-state index contributed by atoms with van der Waals surface area (Å²) in [6, 6.07) is 0.501. The van der Waals surface area contributed by atoms with Crippen LogP contribution in [0.4, 0.5) is 5.69 Å². The zero-order chi connectivity index (χ0) is 10.6. The number of hydrogen-bond donors (Lipinski definition) is 1. The third-order valence-corrected chi connectivity index (χ3v) is 3.49. The lowest BCUT2D eigenvalue weighted by atomic mass is 10.00. The van der Waals surface area contributed by atoms with Gasteiger partial charge in [-0.15, -0.1) is 17.9 Å². The normalized spacial score (nSPS) is 14.8. The van der Waals surface area contributed by atoms with Crippen LogP contribution in [0.1, 0.15) is 25.8 Å². The van der Waals surface area contributed by atoms with E-state index in [0.29, 0.717) is 12.0 Å². The van der Waals surface area contributed by atoms with E-state index in [-0.39, 0.29) is 0 Å². The highest BCUT2D eigenvalue weighted by Crippen LogP contribution is 2.22. The van der Waals surface area contributed by atoms with Gasteiger partial charge in [0.15, 0.2) is 0 Å². The van der Waals surface area contributed by atoms with Crippen molar-refractivity contribution < 1.29 is 0 Å². The van der Waals surface area contributed by atoms with Crippen LogP contribution in [0.3, 0.4) is 0 Å². The summed E-state index contributed by atoms with van der Waals surface area (Å²) in [6.45, 7) is 10.4. The quantitative estimate of drug-likeness (QED) is 0.721. The van der Waals surface area contributed by atoms with Crippen LogP contribution < -0.4 is 5.32 Å². The molecule has 0 amide bonds. The molecule has 2 unspecified atom stereocenters. The van der Waals surface area contributed by atoms with Gasteiger partial charge in [0, 0.05) is 17.1 Å². The third-order valence-electron chi connectivity index (χ3n) is 2.63. The molecule has 0 spiro atoms. The molecule has 0 aliphatic carbocycles. The Bertz CT molecular complexity index is 290. The van der Waals surface area contributed by atoms with Gasteiger partial charge in [-0.2, -0.15) is 0 Å². The first-order chi connectivity index (χ1) is 6.65. The average molecular weight is 209 g/mol. The number of allylic oxidation sites excluding steroid dienone is 1. The Labute approximate surface area is 90.9 Å². The SMILES string of the molecule is C=CCC(C)C(C)Nc1cscc1C. The summed E-state index contributed by atoms with van der Waals surface area (Å²) in [4.78, 5) is 0. The summed E-state index contributed by atoms with van der Waals surface area (Å²) in [5.74, 6) is 0.631. The fourth-order valence-corrected chi connectivity index (χ4v) is 2.15. The van der Waals surface area contributed by atoms with Crippen LogP contribution in [0.2, 0.25) is 0 Å². The van der Waals surface area contributed by atoms with Crippen LogP contribution >= 0.6 is 11.3 Å². The van der Waals surface area contributed by atoms with E-state index in [1.54, 1.807) is 11.3 Å². The highest BCUT2D eigenvalue weighted by atomic mass is 32.1. The van der Waals surface area contributed by atoms with Gasteiger partial charge in [0.1, 0.15) is 0 Å². The Hall–Kier alpha value is -0.760. The zero-order valence-electron chi connectivity index (χ0n) is 9.21. The van der Waals surface area contributed by atoms with E-state index in [1.807, 2.05) is 6.08 Å². The van der Waals surface area contributed by atoms with Crippen molar-refractivity contribution in [1.82, 2.24) is 0 Å². The van der Waals surface area contributed by atoms with Gasteiger partial charge in [0.25, 0.3) is 0 Å². The molecule has 1 N–H and O–H groups in total. The Morgan fingerprint density at radius 2 is 2.21 bits per heavy atom. The molecule has 2 heteroatoms. The Morgan fingerprint density at radius 1 is 1.50 bits per heavy atom.